The molecule has 0 amide bonds. The van der Waals surface area contributed by atoms with Gasteiger partial charge in [-0.25, -0.2) is 4.98 Å². The summed E-state index contributed by atoms with van der Waals surface area (Å²) in [6, 6.07) is 66.8. The van der Waals surface area contributed by atoms with Crippen LogP contribution >= 0.6 is 11.3 Å². The molecule has 266 valence electrons. The van der Waals surface area contributed by atoms with E-state index in [0.29, 0.717) is 17.6 Å². The number of hydrogen-bond acceptors (Lipinski definition) is 4. The van der Waals surface area contributed by atoms with Crippen molar-refractivity contribution in [3.05, 3.63) is 188 Å². The fourth-order valence-corrected chi connectivity index (χ4v) is 9.71. The van der Waals surface area contributed by atoms with Crippen LogP contribution in [0.15, 0.2) is 188 Å². The molecule has 0 spiro atoms. The van der Waals surface area contributed by atoms with Gasteiger partial charge in [-0.15, -0.1) is 11.3 Å². The van der Waals surface area contributed by atoms with Gasteiger partial charge in [0, 0.05) is 58.4 Å². The molecule has 4 aromatic heterocycles. The lowest BCUT2D eigenvalue weighted by Crippen LogP contribution is -2.07. The Kier molecular flexibility index (Phi) is 7.03. The van der Waals surface area contributed by atoms with Gasteiger partial charge in [-0.1, -0.05) is 133 Å². The summed E-state index contributed by atoms with van der Waals surface area (Å²) in [5, 5.41) is 7.18. The summed E-state index contributed by atoms with van der Waals surface area (Å²) in [5.41, 5.74) is 9.55. The van der Waals surface area contributed by atoms with Crippen molar-refractivity contribution in [3.8, 4) is 45.5 Å². The van der Waals surface area contributed by atoms with Crippen molar-refractivity contribution in [2.24, 2.45) is 0 Å². The van der Waals surface area contributed by atoms with Crippen LogP contribution < -0.4 is 0 Å². The molecule has 12 rings (SSSR count). The lowest BCUT2D eigenvalue weighted by molar-refractivity contribution is 0.953. The molecule has 0 aliphatic rings. The molecular weight excluding hydrogens is 715 g/mol. The molecule has 0 aliphatic carbocycles. The first-order valence-electron chi connectivity index (χ1n) is 19.1. The second-order valence-corrected chi connectivity index (χ2v) is 15.5. The van der Waals surface area contributed by atoms with Crippen LogP contribution in [0.1, 0.15) is 0 Å². The van der Waals surface area contributed by atoms with Crippen LogP contribution in [0.3, 0.4) is 0 Å². The van der Waals surface area contributed by atoms with Crippen LogP contribution in [-0.4, -0.2) is 24.1 Å². The predicted octanol–water partition coefficient (Wildman–Crippen LogP) is 13.4. The number of thiophene rings is 1. The maximum absolute atomic E-state index is 5.36. The fraction of sp³-hybridized carbons (Fsp3) is 0. The Morgan fingerprint density at radius 3 is 1.42 bits per heavy atom. The standard InChI is InChI=1S/C51H31N5S/c1-2-14-32(15-3-1)35-28-26-34(31-46(35)55-42-21-9-4-16-36(42)37-17-5-10-22-43(37)55)50-52-49(33-27-29-48-41(30-33)40-20-8-13-25-47(40)57-48)53-51(54-50)56-44-23-11-6-18-38(44)39-19-7-12-24-45(39)56/h1-31H. The first-order chi connectivity index (χ1) is 28.3. The highest BCUT2D eigenvalue weighted by Crippen LogP contribution is 2.40. The van der Waals surface area contributed by atoms with Gasteiger partial charge in [0.05, 0.1) is 27.8 Å². The quantitative estimate of drug-likeness (QED) is 0.176. The van der Waals surface area contributed by atoms with E-state index in [2.05, 4.69) is 197 Å². The predicted molar refractivity (Wildman–Crippen MR) is 238 cm³/mol. The van der Waals surface area contributed by atoms with Gasteiger partial charge in [-0.2, -0.15) is 9.97 Å². The minimum atomic E-state index is 0.577. The number of fused-ring (bicyclic) bond motifs is 9. The highest BCUT2D eigenvalue weighted by atomic mass is 32.1. The van der Waals surface area contributed by atoms with Gasteiger partial charge in [-0.05, 0) is 60.2 Å². The number of aromatic nitrogens is 5. The maximum Gasteiger partial charge on any atom is 0.238 e. The molecule has 0 aliphatic heterocycles. The van der Waals surface area contributed by atoms with E-state index in [4.69, 9.17) is 15.0 Å². The van der Waals surface area contributed by atoms with E-state index < -0.39 is 0 Å². The summed E-state index contributed by atoms with van der Waals surface area (Å²) in [6.07, 6.45) is 0. The van der Waals surface area contributed by atoms with E-state index in [1.54, 1.807) is 0 Å². The molecule has 5 nitrogen and oxygen atoms in total. The second kappa shape index (κ2) is 12.6. The van der Waals surface area contributed by atoms with Gasteiger partial charge in [-0.3, -0.25) is 4.57 Å². The lowest BCUT2D eigenvalue weighted by atomic mass is 10.0. The van der Waals surface area contributed by atoms with E-state index in [9.17, 15) is 0 Å². The van der Waals surface area contributed by atoms with Crippen LogP contribution in [-0.2, 0) is 0 Å². The average Bonchev–Trinajstić information content (AvgIpc) is 3.94. The Morgan fingerprint density at radius 1 is 0.333 bits per heavy atom. The number of para-hydroxylation sites is 4. The smallest absolute Gasteiger partial charge is 0.238 e. The third-order valence-corrected chi connectivity index (χ3v) is 12.4. The lowest BCUT2D eigenvalue weighted by Gasteiger charge is -2.16. The third-order valence-electron chi connectivity index (χ3n) is 11.2. The Hall–Kier alpha value is -7.41. The molecule has 12 aromatic rings. The molecule has 0 atom stereocenters. The van der Waals surface area contributed by atoms with E-state index in [1.807, 2.05) is 11.3 Å². The Morgan fingerprint density at radius 2 is 0.807 bits per heavy atom. The van der Waals surface area contributed by atoms with Gasteiger partial charge in [0.2, 0.25) is 5.95 Å². The Balaban J connectivity index is 1.15. The van der Waals surface area contributed by atoms with Gasteiger partial charge in [0.1, 0.15) is 0 Å². The molecule has 0 radical (unpaired) electrons. The molecule has 6 heteroatoms. The molecule has 8 aromatic carbocycles. The van der Waals surface area contributed by atoms with E-state index in [0.717, 1.165) is 60.8 Å². The minimum absolute atomic E-state index is 0.577. The van der Waals surface area contributed by atoms with Crippen molar-refractivity contribution in [2.45, 2.75) is 0 Å². The highest BCUT2D eigenvalue weighted by Gasteiger charge is 2.21. The molecular formula is C51H31N5S. The van der Waals surface area contributed by atoms with E-state index in [-0.39, 0.29) is 0 Å². The van der Waals surface area contributed by atoms with Crippen LogP contribution in [0.4, 0.5) is 0 Å². The monoisotopic (exact) mass is 745 g/mol. The summed E-state index contributed by atoms with van der Waals surface area (Å²) in [5.74, 6) is 1.81. The fourth-order valence-electron chi connectivity index (χ4n) is 8.63. The van der Waals surface area contributed by atoms with Crippen LogP contribution in [0.2, 0.25) is 0 Å². The van der Waals surface area contributed by atoms with Crippen LogP contribution in [0, 0.1) is 0 Å². The maximum atomic E-state index is 5.36. The van der Waals surface area contributed by atoms with Crippen molar-refractivity contribution in [2.75, 3.05) is 0 Å². The minimum Gasteiger partial charge on any atom is -0.309 e. The van der Waals surface area contributed by atoms with Gasteiger partial charge >= 0.3 is 0 Å². The topological polar surface area (TPSA) is 48.5 Å². The largest absolute Gasteiger partial charge is 0.309 e. The zero-order valence-electron chi connectivity index (χ0n) is 30.5. The van der Waals surface area contributed by atoms with Crippen molar-refractivity contribution in [1.29, 1.82) is 0 Å². The average molecular weight is 746 g/mol. The number of rotatable bonds is 5. The van der Waals surface area contributed by atoms with Crippen molar-refractivity contribution < 1.29 is 0 Å². The summed E-state index contributed by atoms with van der Waals surface area (Å²) < 4.78 is 7.08. The van der Waals surface area contributed by atoms with Gasteiger partial charge in [0.15, 0.2) is 11.6 Å². The normalized spacial score (nSPS) is 11.9. The third kappa shape index (κ3) is 4.98. The Labute approximate surface area is 331 Å². The Bertz CT molecular complexity index is 3430. The highest BCUT2D eigenvalue weighted by molar-refractivity contribution is 7.25. The van der Waals surface area contributed by atoms with E-state index in [1.165, 1.54) is 30.9 Å². The zero-order chi connectivity index (χ0) is 37.5. The number of benzene rings is 8. The molecule has 0 bridgehead atoms. The van der Waals surface area contributed by atoms with Gasteiger partial charge in [0.25, 0.3) is 0 Å². The number of nitrogens with zero attached hydrogens (tertiary/aromatic N) is 5. The molecule has 0 unspecified atom stereocenters. The van der Waals surface area contributed by atoms with Crippen LogP contribution in [0.25, 0.3) is 109 Å². The summed E-state index contributed by atoms with van der Waals surface area (Å²) in [7, 11) is 0. The zero-order valence-corrected chi connectivity index (χ0v) is 31.4. The molecule has 0 saturated heterocycles. The SMILES string of the molecule is c1ccc(-c2ccc(-c3nc(-c4ccc5sc6ccccc6c5c4)nc(-n4c5ccccc5c5ccccc54)n3)cc2-n2c3ccccc3c3ccccc32)cc1. The molecule has 57 heavy (non-hydrogen) atoms. The molecule has 0 saturated carbocycles. The summed E-state index contributed by atoms with van der Waals surface area (Å²) in [4.78, 5) is 16.0. The van der Waals surface area contributed by atoms with Crippen molar-refractivity contribution >= 4 is 75.1 Å². The summed E-state index contributed by atoms with van der Waals surface area (Å²) in [6.45, 7) is 0. The first kappa shape index (κ1) is 31.9. The second-order valence-electron chi connectivity index (χ2n) is 14.4. The van der Waals surface area contributed by atoms with Crippen LogP contribution in [0.5, 0.6) is 0 Å². The van der Waals surface area contributed by atoms with E-state index >= 15 is 0 Å². The molecule has 0 N–H and O–H groups in total. The molecule has 0 fully saturated rings. The summed E-state index contributed by atoms with van der Waals surface area (Å²) >= 11 is 1.81. The van der Waals surface area contributed by atoms with Crippen molar-refractivity contribution in [1.82, 2.24) is 24.1 Å². The first-order valence-corrected chi connectivity index (χ1v) is 19.9. The molecule has 4 heterocycles. The van der Waals surface area contributed by atoms with Gasteiger partial charge < -0.3 is 4.57 Å². The number of hydrogen-bond donors (Lipinski definition) is 0. The van der Waals surface area contributed by atoms with Crippen molar-refractivity contribution in [3.63, 3.8) is 0 Å².